The minimum Gasteiger partial charge on any atom is -0.345 e. The summed E-state index contributed by atoms with van der Waals surface area (Å²) < 4.78 is 13.1. The summed E-state index contributed by atoms with van der Waals surface area (Å²) in [5.41, 5.74) is 0.423. The van der Waals surface area contributed by atoms with E-state index < -0.39 is 17.6 Å². The molecular weight excluding hydrogens is 363 g/mol. The molecule has 0 radical (unpaired) electrons. The van der Waals surface area contributed by atoms with Crippen LogP contribution >= 0.6 is 11.6 Å². The molecule has 1 aromatic rings. The molecule has 2 fully saturated rings. The van der Waals surface area contributed by atoms with E-state index in [0.29, 0.717) is 31.9 Å². The second-order valence-electron chi connectivity index (χ2n) is 6.49. The third kappa shape index (κ3) is 4.92. The Bertz CT molecular complexity index is 718. The van der Waals surface area contributed by atoms with Gasteiger partial charge in [0.25, 0.3) is 0 Å². The molecule has 1 aromatic carbocycles. The van der Waals surface area contributed by atoms with Crippen LogP contribution < -0.4 is 10.6 Å². The predicted molar refractivity (Wildman–Crippen MR) is 94.2 cm³/mol. The van der Waals surface area contributed by atoms with Crippen molar-refractivity contribution in [3.8, 4) is 0 Å². The van der Waals surface area contributed by atoms with E-state index in [4.69, 9.17) is 11.6 Å². The molecule has 3 rings (SSSR count). The Kier molecular flexibility index (Phi) is 5.73. The minimum atomic E-state index is -0.549. The first-order valence-electron chi connectivity index (χ1n) is 8.49. The van der Waals surface area contributed by atoms with Crippen LogP contribution in [0.1, 0.15) is 12.8 Å². The van der Waals surface area contributed by atoms with Crippen molar-refractivity contribution in [3.05, 3.63) is 29.0 Å². The zero-order valence-electron chi connectivity index (χ0n) is 14.1. The molecule has 2 aliphatic rings. The van der Waals surface area contributed by atoms with E-state index in [9.17, 15) is 18.8 Å². The smallest absolute Gasteiger partial charge is 0.311 e. The number of halogens is 2. The molecule has 140 valence electrons. The molecule has 1 heterocycles. The minimum absolute atomic E-state index is 0.0561. The fraction of sp³-hybridized carbons (Fsp3) is 0.471. The van der Waals surface area contributed by atoms with Gasteiger partial charge >= 0.3 is 11.8 Å². The van der Waals surface area contributed by atoms with Crippen molar-refractivity contribution in [2.24, 2.45) is 0 Å². The van der Waals surface area contributed by atoms with Gasteiger partial charge in [-0.2, -0.15) is 0 Å². The molecule has 0 spiro atoms. The van der Waals surface area contributed by atoms with Crippen molar-refractivity contribution >= 4 is 35.0 Å². The van der Waals surface area contributed by atoms with E-state index in [0.717, 1.165) is 12.8 Å². The van der Waals surface area contributed by atoms with Gasteiger partial charge in [0.15, 0.2) is 0 Å². The van der Waals surface area contributed by atoms with E-state index >= 15 is 0 Å². The molecule has 1 saturated carbocycles. The molecule has 7 nitrogen and oxygen atoms in total. The Balaban J connectivity index is 1.42. The third-order valence-electron chi connectivity index (χ3n) is 4.34. The highest BCUT2D eigenvalue weighted by atomic mass is 35.5. The number of carbonyl (C=O) groups excluding carboxylic acids is 3. The summed E-state index contributed by atoms with van der Waals surface area (Å²) in [5.74, 6) is -1.86. The van der Waals surface area contributed by atoms with Gasteiger partial charge in [0.2, 0.25) is 5.91 Å². The summed E-state index contributed by atoms with van der Waals surface area (Å²) in [4.78, 5) is 39.3. The lowest BCUT2D eigenvalue weighted by Gasteiger charge is -2.33. The SMILES string of the molecule is O=C(CN1CCN(C(=O)C(=O)NC2CC2)CC1)Nc1ccc(F)c(Cl)c1. The topological polar surface area (TPSA) is 81.8 Å². The molecule has 0 aromatic heterocycles. The maximum Gasteiger partial charge on any atom is 0.311 e. The number of benzene rings is 1. The molecule has 26 heavy (non-hydrogen) atoms. The van der Waals surface area contributed by atoms with E-state index in [1.54, 1.807) is 0 Å². The number of hydrogen-bond donors (Lipinski definition) is 2. The number of carbonyl (C=O) groups is 3. The first-order chi connectivity index (χ1) is 12.4. The summed E-state index contributed by atoms with van der Waals surface area (Å²) in [6, 6.07) is 4.13. The standard InChI is InChI=1S/C17H20ClFN4O3/c18-13-9-12(3-4-14(13)19)20-15(24)10-22-5-7-23(8-6-22)17(26)16(25)21-11-1-2-11/h3-4,9,11H,1-2,5-8,10H2,(H,20,24)(H,21,25). The highest BCUT2D eigenvalue weighted by Crippen LogP contribution is 2.20. The van der Waals surface area contributed by atoms with Crippen molar-refractivity contribution in [1.29, 1.82) is 0 Å². The van der Waals surface area contributed by atoms with E-state index in [1.807, 2.05) is 4.90 Å². The van der Waals surface area contributed by atoms with Crippen LogP contribution in [-0.2, 0) is 14.4 Å². The molecule has 3 amide bonds. The van der Waals surface area contributed by atoms with Gasteiger partial charge in [-0.1, -0.05) is 11.6 Å². The molecule has 2 N–H and O–H groups in total. The van der Waals surface area contributed by atoms with Crippen molar-refractivity contribution in [1.82, 2.24) is 15.1 Å². The van der Waals surface area contributed by atoms with E-state index in [2.05, 4.69) is 10.6 Å². The van der Waals surface area contributed by atoms with Gasteiger partial charge in [0.05, 0.1) is 11.6 Å². The number of nitrogens with zero attached hydrogens (tertiary/aromatic N) is 2. The third-order valence-corrected chi connectivity index (χ3v) is 4.63. The molecule has 0 atom stereocenters. The van der Waals surface area contributed by atoms with Gasteiger partial charge in [-0.05, 0) is 31.0 Å². The first kappa shape index (κ1) is 18.6. The molecule has 1 aliphatic carbocycles. The predicted octanol–water partition coefficient (Wildman–Crippen LogP) is 0.840. The molecule has 9 heteroatoms. The maximum atomic E-state index is 13.1. The summed E-state index contributed by atoms with van der Waals surface area (Å²) >= 11 is 5.69. The van der Waals surface area contributed by atoms with Crippen LogP contribution in [0, 0.1) is 5.82 Å². The Morgan fingerprint density at radius 2 is 1.85 bits per heavy atom. The van der Waals surface area contributed by atoms with Gasteiger partial charge in [-0.3, -0.25) is 19.3 Å². The van der Waals surface area contributed by atoms with Crippen molar-refractivity contribution in [2.75, 3.05) is 38.0 Å². The van der Waals surface area contributed by atoms with Crippen molar-refractivity contribution in [2.45, 2.75) is 18.9 Å². The lowest BCUT2D eigenvalue weighted by atomic mass is 10.2. The highest BCUT2D eigenvalue weighted by molar-refractivity contribution is 6.35. The average Bonchev–Trinajstić information content (AvgIpc) is 3.42. The summed E-state index contributed by atoms with van der Waals surface area (Å²) in [5, 5.41) is 5.29. The van der Waals surface area contributed by atoms with Gasteiger partial charge < -0.3 is 15.5 Å². The Morgan fingerprint density at radius 1 is 1.15 bits per heavy atom. The summed E-state index contributed by atoms with van der Waals surface area (Å²) in [7, 11) is 0. The number of rotatable bonds is 4. The van der Waals surface area contributed by atoms with Crippen LogP contribution in [0.3, 0.4) is 0 Å². The average molecular weight is 383 g/mol. The van der Waals surface area contributed by atoms with Crippen LogP contribution in [0.25, 0.3) is 0 Å². The monoisotopic (exact) mass is 382 g/mol. The van der Waals surface area contributed by atoms with Crippen molar-refractivity contribution in [3.63, 3.8) is 0 Å². The van der Waals surface area contributed by atoms with Crippen LogP contribution in [0.2, 0.25) is 5.02 Å². The van der Waals surface area contributed by atoms with Gasteiger partial charge in [0, 0.05) is 37.9 Å². The fourth-order valence-electron chi connectivity index (χ4n) is 2.70. The van der Waals surface area contributed by atoms with E-state index in [1.165, 1.54) is 23.1 Å². The number of anilines is 1. The Hall–Kier alpha value is -2.19. The van der Waals surface area contributed by atoms with Crippen LogP contribution in [0.4, 0.5) is 10.1 Å². The number of nitrogens with one attached hydrogen (secondary N) is 2. The number of piperazine rings is 1. The number of hydrogen-bond acceptors (Lipinski definition) is 4. The van der Waals surface area contributed by atoms with Gasteiger partial charge in [-0.15, -0.1) is 0 Å². The largest absolute Gasteiger partial charge is 0.345 e. The first-order valence-corrected chi connectivity index (χ1v) is 8.87. The number of amides is 3. The highest BCUT2D eigenvalue weighted by Gasteiger charge is 2.30. The molecule has 1 aliphatic heterocycles. The maximum absolute atomic E-state index is 13.1. The summed E-state index contributed by atoms with van der Waals surface area (Å²) in [6.45, 7) is 1.94. The van der Waals surface area contributed by atoms with Crippen molar-refractivity contribution < 1.29 is 18.8 Å². The Labute approximate surface area is 155 Å². The summed E-state index contributed by atoms with van der Waals surface area (Å²) in [6.07, 6.45) is 1.86. The lowest BCUT2D eigenvalue weighted by Crippen LogP contribution is -2.53. The van der Waals surface area contributed by atoms with Crippen LogP contribution in [0.5, 0.6) is 0 Å². The van der Waals surface area contributed by atoms with Gasteiger partial charge in [0.1, 0.15) is 5.82 Å². The van der Waals surface area contributed by atoms with Crippen LogP contribution in [-0.4, -0.2) is 66.3 Å². The molecule has 0 bridgehead atoms. The second kappa shape index (κ2) is 8.01. The lowest BCUT2D eigenvalue weighted by molar-refractivity contribution is -0.147. The molecule has 0 unspecified atom stereocenters. The van der Waals surface area contributed by atoms with E-state index in [-0.39, 0.29) is 23.5 Å². The second-order valence-corrected chi connectivity index (χ2v) is 6.90. The van der Waals surface area contributed by atoms with Crippen LogP contribution in [0.15, 0.2) is 18.2 Å². The quantitative estimate of drug-likeness (QED) is 0.756. The van der Waals surface area contributed by atoms with Gasteiger partial charge in [-0.25, -0.2) is 4.39 Å². The zero-order chi connectivity index (χ0) is 18.7. The fourth-order valence-corrected chi connectivity index (χ4v) is 2.89. The Morgan fingerprint density at radius 3 is 2.46 bits per heavy atom. The zero-order valence-corrected chi connectivity index (χ0v) is 14.9. The molecular formula is C17H20ClFN4O3. The molecule has 1 saturated heterocycles. The normalized spacial score (nSPS) is 17.7.